The maximum atomic E-state index is 12.0. The quantitative estimate of drug-likeness (QED) is 0.910. The molecule has 98 valence electrons. The number of rotatable bonds is 4. The van der Waals surface area contributed by atoms with Gasteiger partial charge in [0, 0.05) is 11.6 Å². The van der Waals surface area contributed by atoms with Crippen molar-refractivity contribution in [3.05, 3.63) is 34.9 Å². The molecule has 3 nitrogen and oxygen atoms in total. The van der Waals surface area contributed by atoms with Crippen molar-refractivity contribution in [3.63, 3.8) is 0 Å². The van der Waals surface area contributed by atoms with Gasteiger partial charge in [-0.15, -0.1) is 0 Å². The lowest BCUT2D eigenvalue weighted by atomic mass is 10.0. The van der Waals surface area contributed by atoms with Gasteiger partial charge in [-0.25, -0.2) is 0 Å². The highest BCUT2D eigenvalue weighted by Crippen LogP contribution is 2.21. The largest absolute Gasteiger partial charge is 0.368 e. The van der Waals surface area contributed by atoms with Crippen molar-refractivity contribution in [2.24, 2.45) is 0 Å². The van der Waals surface area contributed by atoms with Crippen molar-refractivity contribution in [2.75, 3.05) is 6.61 Å². The monoisotopic (exact) mass is 267 g/mol. The molecule has 2 rings (SSSR count). The summed E-state index contributed by atoms with van der Waals surface area (Å²) in [5.41, 5.74) is 1.04. The fourth-order valence-electron chi connectivity index (χ4n) is 2.19. The van der Waals surface area contributed by atoms with E-state index in [4.69, 9.17) is 16.3 Å². The SMILES string of the molecule is CCC(NC(=O)C1CCCO1)c1cccc(Cl)c1. The highest BCUT2D eigenvalue weighted by Gasteiger charge is 2.25. The van der Waals surface area contributed by atoms with Gasteiger partial charge in [0.05, 0.1) is 6.04 Å². The average Bonchev–Trinajstić information content (AvgIpc) is 2.89. The van der Waals surface area contributed by atoms with Crippen LogP contribution in [0, 0.1) is 0 Å². The molecule has 1 aromatic carbocycles. The molecule has 0 aliphatic carbocycles. The lowest BCUT2D eigenvalue weighted by molar-refractivity contribution is -0.130. The van der Waals surface area contributed by atoms with Crippen LogP contribution in [0.3, 0.4) is 0 Å². The van der Waals surface area contributed by atoms with Crippen molar-refractivity contribution < 1.29 is 9.53 Å². The van der Waals surface area contributed by atoms with Gasteiger partial charge in [0.15, 0.2) is 0 Å². The Balaban J connectivity index is 2.02. The summed E-state index contributed by atoms with van der Waals surface area (Å²) in [5, 5.41) is 3.72. The zero-order valence-electron chi connectivity index (χ0n) is 10.5. The van der Waals surface area contributed by atoms with Crippen LogP contribution in [0.1, 0.15) is 37.8 Å². The predicted octanol–water partition coefficient (Wildman–Crippen LogP) is 3.09. The Bertz CT molecular complexity index is 416. The number of ether oxygens (including phenoxy) is 1. The van der Waals surface area contributed by atoms with Gasteiger partial charge in [0.2, 0.25) is 5.91 Å². The fourth-order valence-corrected chi connectivity index (χ4v) is 2.39. The number of hydrogen-bond donors (Lipinski definition) is 1. The minimum atomic E-state index is -0.279. The molecule has 18 heavy (non-hydrogen) atoms. The highest BCUT2D eigenvalue weighted by molar-refractivity contribution is 6.30. The summed E-state index contributed by atoms with van der Waals surface area (Å²) in [5.74, 6) is -0.0145. The van der Waals surface area contributed by atoms with Gasteiger partial charge in [-0.05, 0) is 37.0 Å². The van der Waals surface area contributed by atoms with Crippen LogP contribution < -0.4 is 5.32 Å². The maximum absolute atomic E-state index is 12.0. The van der Waals surface area contributed by atoms with E-state index >= 15 is 0 Å². The molecular formula is C14H18ClNO2. The molecule has 1 fully saturated rings. The summed E-state index contributed by atoms with van der Waals surface area (Å²) in [6.45, 7) is 2.73. The van der Waals surface area contributed by atoms with Crippen LogP contribution in [-0.4, -0.2) is 18.6 Å². The number of carbonyl (C=O) groups excluding carboxylic acids is 1. The standard InChI is InChI=1S/C14H18ClNO2/c1-2-12(10-5-3-6-11(15)9-10)16-14(17)13-7-4-8-18-13/h3,5-6,9,12-13H,2,4,7-8H2,1H3,(H,16,17). The third kappa shape index (κ3) is 3.24. The molecule has 0 aromatic heterocycles. The van der Waals surface area contributed by atoms with Crippen molar-refractivity contribution >= 4 is 17.5 Å². The molecule has 1 saturated heterocycles. The number of halogens is 1. The van der Waals surface area contributed by atoms with E-state index in [0.29, 0.717) is 11.6 Å². The number of hydrogen-bond acceptors (Lipinski definition) is 2. The molecule has 0 saturated carbocycles. The van der Waals surface area contributed by atoms with Crippen LogP contribution in [0.5, 0.6) is 0 Å². The average molecular weight is 268 g/mol. The predicted molar refractivity (Wildman–Crippen MR) is 71.6 cm³/mol. The number of carbonyl (C=O) groups is 1. The summed E-state index contributed by atoms with van der Waals surface area (Å²) in [4.78, 5) is 12.0. The molecule has 0 bridgehead atoms. The smallest absolute Gasteiger partial charge is 0.249 e. The third-order valence-electron chi connectivity index (χ3n) is 3.20. The van der Waals surface area contributed by atoms with E-state index in [1.807, 2.05) is 31.2 Å². The first-order valence-corrected chi connectivity index (χ1v) is 6.76. The van der Waals surface area contributed by atoms with Crippen LogP contribution in [-0.2, 0) is 9.53 Å². The van der Waals surface area contributed by atoms with Gasteiger partial charge in [0.25, 0.3) is 0 Å². The van der Waals surface area contributed by atoms with Crippen LogP contribution in [0.4, 0.5) is 0 Å². The molecular weight excluding hydrogens is 250 g/mol. The Morgan fingerprint density at radius 3 is 3.06 bits per heavy atom. The lowest BCUT2D eigenvalue weighted by Gasteiger charge is -2.19. The first-order valence-electron chi connectivity index (χ1n) is 6.38. The van der Waals surface area contributed by atoms with Gasteiger partial charge < -0.3 is 10.1 Å². The van der Waals surface area contributed by atoms with E-state index in [0.717, 1.165) is 24.8 Å². The molecule has 1 aliphatic heterocycles. The van der Waals surface area contributed by atoms with E-state index < -0.39 is 0 Å². The van der Waals surface area contributed by atoms with Crippen LogP contribution >= 0.6 is 11.6 Å². The van der Waals surface area contributed by atoms with Crippen LogP contribution in [0.25, 0.3) is 0 Å². The Morgan fingerprint density at radius 1 is 1.61 bits per heavy atom. The van der Waals surface area contributed by atoms with Gasteiger partial charge in [-0.2, -0.15) is 0 Å². The van der Waals surface area contributed by atoms with Crippen LogP contribution in [0.2, 0.25) is 5.02 Å². The summed E-state index contributed by atoms with van der Waals surface area (Å²) < 4.78 is 5.38. The summed E-state index contributed by atoms with van der Waals surface area (Å²) in [7, 11) is 0. The molecule has 2 atom stereocenters. The van der Waals surface area contributed by atoms with Gasteiger partial charge in [0.1, 0.15) is 6.10 Å². The first-order chi connectivity index (χ1) is 8.70. The second kappa shape index (κ2) is 6.21. The van der Waals surface area contributed by atoms with Crippen molar-refractivity contribution in [1.82, 2.24) is 5.32 Å². The zero-order valence-corrected chi connectivity index (χ0v) is 11.2. The summed E-state index contributed by atoms with van der Waals surface area (Å²) >= 11 is 5.97. The minimum Gasteiger partial charge on any atom is -0.368 e. The van der Waals surface area contributed by atoms with Crippen LogP contribution in [0.15, 0.2) is 24.3 Å². The van der Waals surface area contributed by atoms with E-state index in [1.54, 1.807) is 0 Å². The zero-order chi connectivity index (χ0) is 13.0. The molecule has 1 heterocycles. The van der Waals surface area contributed by atoms with Crippen molar-refractivity contribution in [1.29, 1.82) is 0 Å². The molecule has 0 spiro atoms. The van der Waals surface area contributed by atoms with Gasteiger partial charge >= 0.3 is 0 Å². The van der Waals surface area contributed by atoms with Crippen molar-refractivity contribution in [3.8, 4) is 0 Å². The molecule has 1 N–H and O–H groups in total. The van der Waals surface area contributed by atoms with Gasteiger partial charge in [-0.3, -0.25) is 4.79 Å². The van der Waals surface area contributed by atoms with Gasteiger partial charge in [-0.1, -0.05) is 30.7 Å². The Labute approximate surface area is 112 Å². The Kier molecular flexibility index (Phi) is 4.61. The first kappa shape index (κ1) is 13.4. The number of amides is 1. The summed E-state index contributed by atoms with van der Waals surface area (Å²) in [6.07, 6.45) is 2.33. The topological polar surface area (TPSA) is 38.3 Å². The highest BCUT2D eigenvalue weighted by atomic mass is 35.5. The third-order valence-corrected chi connectivity index (χ3v) is 3.43. The van der Waals surface area contributed by atoms with E-state index in [9.17, 15) is 4.79 Å². The number of benzene rings is 1. The Hall–Kier alpha value is -1.06. The molecule has 1 aliphatic rings. The van der Waals surface area contributed by atoms with E-state index in [-0.39, 0.29) is 18.1 Å². The summed E-state index contributed by atoms with van der Waals surface area (Å²) in [6, 6.07) is 7.61. The second-order valence-corrected chi connectivity index (χ2v) is 4.96. The van der Waals surface area contributed by atoms with E-state index in [2.05, 4.69) is 5.32 Å². The molecule has 2 unspecified atom stereocenters. The second-order valence-electron chi connectivity index (χ2n) is 4.53. The fraction of sp³-hybridized carbons (Fsp3) is 0.500. The van der Waals surface area contributed by atoms with E-state index in [1.165, 1.54) is 0 Å². The van der Waals surface area contributed by atoms with Crippen molar-refractivity contribution in [2.45, 2.75) is 38.3 Å². The number of nitrogens with one attached hydrogen (secondary N) is 1. The Morgan fingerprint density at radius 2 is 2.44 bits per heavy atom. The molecule has 4 heteroatoms. The molecule has 0 radical (unpaired) electrons. The normalized spacial score (nSPS) is 20.7. The molecule has 1 aromatic rings. The minimum absolute atomic E-state index is 0.000370. The molecule has 1 amide bonds. The maximum Gasteiger partial charge on any atom is 0.249 e. The lowest BCUT2D eigenvalue weighted by Crippen LogP contribution is -2.36.